The van der Waals surface area contributed by atoms with E-state index in [9.17, 15) is 9.90 Å². The Morgan fingerprint density at radius 3 is 2.52 bits per heavy atom. The van der Waals surface area contributed by atoms with Gasteiger partial charge in [0.2, 0.25) is 0 Å². The summed E-state index contributed by atoms with van der Waals surface area (Å²) in [4.78, 5) is 25.7. The van der Waals surface area contributed by atoms with Crippen molar-refractivity contribution >= 4 is 0 Å². The highest BCUT2D eigenvalue weighted by atomic mass is 16.3. The second-order valence-corrected chi connectivity index (χ2v) is 6.52. The van der Waals surface area contributed by atoms with Crippen molar-refractivity contribution in [1.82, 2.24) is 19.5 Å². The van der Waals surface area contributed by atoms with Gasteiger partial charge >= 0.3 is 0 Å². The second-order valence-electron chi connectivity index (χ2n) is 6.52. The Kier molecular flexibility index (Phi) is 4.22. The van der Waals surface area contributed by atoms with Gasteiger partial charge in [-0.1, -0.05) is 0 Å². The molecule has 25 heavy (non-hydrogen) atoms. The predicted molar refractivity (Wildman–Crippen MR) is 95.6 cm³/mol. The van der Waals surface area contributed by atoms with Crippen LogP contribution < -0.4 is 5.56 Å². The Morgan fingerprint density at radius 2 is 1.84 bits per heavy atom. The van der Waals surface area contributed by atoms with Crippen LogP contribution in [0.1, 0.15) is 30.9 Å². The highest BCUT2D eigenvalue weighted by molar-refractivity contribution is 5.59. The van der Waals surface area contributed by atoms with Gasteiger partial charge < -0.3 is 5.11 Å². The first-order chi connectivity index (χ1) is 11.8. The molecule has 0 saturated heterocycles. The van der Waals surface area contributed by atoms with Crippen LogP contribution in [-0.2, 0) is 5.60 Å². The molecule has 6 heteroatoms. The van der Waals surface area contributed by atoms with Crippen molar-refractivity contribution < 1.29 is 5.11 Å². The summed E-state index contributed by atoms with van der Waals surface area (Å²) in [6, 6.07) is 7.12. The smallest absolute Gasteiger partial charge is 0.264 e. The van der Waals surface area contributed by atoms with E-state index in [0.717, 1.165) is 16.9 Å². The number of aryl methyl sites for hydroxylation is 2. The summed E-state index contributed by atoms with van der Waals surface area (Å²) in [6.45, 7) is 7.02. The molecule has 0 aliphatic carbocycles. The number of pyridine rings is 2. The average molecular weight is 336 g/mol. The van der Waals surface area contributed by atoms with Gasteiger partial charge in [-0.3, -0.25) is 14.3 Å². The number of hydrogen-bond donors (Lipinski definition) is 1. The van der Waals surface area contributed by atoms with Gasteiger partial charge in [-0.25, -0.2) is 9.97 Å². The van der Waals surface area contributed by atoms with Gasteiger partial charge in [0, 0.05) is 24.3 Å². The molecule has 3 aromatic heterocycles. The lowest BCUT2D eigenvalue weighted by Gasteiger charge is -2.17. The molecule has 0 radical (unpaired) electrons. The Balaban J connectivity index is 2.23. The van der Waals surface area contributed by atoms with Crippen LogP contribution in [-0.4, -0.2) is 24.6 Å². The van der Waals surface area contributed by atoms with Crippen LogP contribution in [0.15, 0.2) is 47.7 Å². The maximum Gasteiger partial charge on any atom is 0.264 e. The van der Waals surface area contributed by atoms with E-state index in [1.807, 2.05) is 26.0 Å². The van der Waals surface area contributed by atoms with Crippen LogP contribution in [0.25, 0.3) is 16.9 Å². The minimum atomic E-state index is -1.18. The van der Waals surface area contributed by atoms with Crippen LogP contribution in [0, 0.1) is 13.8 Å². The molecule has 0 spiro atoms. The SMILES string of the molecule is Cc1cnccc1-n1c(C)ccc(-c2ccnc(C(C)(C)O)n2)c1=O. The molecule has 0 fully saturated rings. The third kappa shape index (κ3) is 3.21. The molecule has 128 valence electrons. The number of nitrogens with zero attached hydrogens (tertiary/aromatic N) is 4. The molecule has 3 rings (SSSR count). The van der Waals surface area contributed by atoms with Gasteiger partial charge in [0.05, 0.1) is 16.9 Å². The van der Waals surface area contributed by atoms with Gasteiger partial charge in [-0.05, 0) is 57.5 Å². The minimum Gasteiger partial charge on any atom is -0.382 e. The lowest BCUT2D eigenvalue weighted by Crippen LogP contribution is -2.24. The fourth-order valence-electron chi connectivity index (χ4n) is 2.65. The van der Waals surface area contributed by atoms with Gasteiger partial charge in [0.25, 0.3) is 5.56 Å². The first-order valence-electron chi connectivity index (χ1n) is 7.99. The Hall–Kier alpha value is -2.86. The second kappa shape index (κ2) is 6.22. The molecular weight excluding hydrogens is 316 g/mol. The topological polar surface area (TPSA) is 80.9 Å². The number of hydrogen-bond acceptors (Lipinski definition) is 5. The fraction of sp³-hybridized carbons (Fsp3) is 0.263. The quantitative estimate of drug-likeness (QED) is 0.795. The molecule has 0 atom stereocenters. The zero-order valence-electron chi connectivity index (χ0n) is 14.7. The Bertz CT molecular complexity index is 987. The summed E-state index contributed by atoms with van der Waals surface area (Å²) in [7, 11) is 0. The third-order valence-corrected chi connectivity index (χ3v) is 3.99. The summed E-state index contributed by atoms with van der Waals surface area (Å²) in [5.41, 5.74) is 2.10. The summed E-state index contributed by atoms with van der Waals surface area (Å²) in [5.74, 6) is 0.275. The van der Waals surface area contributed by atoms with Crippen LogP contribution in [0.2, 0.25) is 0 Å². The van der Waals surface area contributed by atoms with Crippen LogP contribution in [0.5, 0.6) is 0 Å². The standard InChI is InChI=1S/C19H20N4O2/c1-12-11-20-9-8-16(12)23-13(2)5-6-14(17(23)24)15-7-10-21-18(22-15)19(3,4)25/h5-11,25H,1-4H3. The minimum absolute atomic E-state index is 0.172. The van der Waals surface area contributed by atoms with Gasteiger partial charge in [0.15, 0.2) is 5.82 Å². The van der Waals surface area contributed by atoms with E-state index in [-0.39, 0.29) is 11.4 Å². The summed E-state index contributed by atoms with van der Waals surface area (Å²) in [6.07, 6.45) is 4.94. The molecule has 3 heterocycles. The third-order valence-electron chi connectivity index (χ3n) is 3.99. The van der Waals surface area contributed by atoms with Gasteiger partial charge in [-0.15, -0.1) is 0 Å². The molecule has 0 aromatic carbocycles. The molecule has 6 nitrogen and oxygen atoms in total. The van der Waals surface area contributed by atoms with E-state index in [2.05, 4.69) is 15.0 Å². The van der Waals surface area contributed by atoms with E-state index >= 15 is 0 Å². The first kappa shape index (κ1) is 17.0. The zero-order valence-corrected chi connectivity index (χ0v) is 14.7. The monoisotopic (exact) mass is 336 g/mol. The number of aromatic nitrogens is 4. The zero-order chi connectivity index (χ0) is 18.2. The van der Waals surface area contributed by atoms with Crippen LogP contribution >= 0.6 is 0 Å². The molecule has 0 aliphatic heterocycles. The van der Waals surface area contributed by atoms with Crippen LogP contribution in [0.4, 0.5) is 0 Å². The van der Waals surface area contributed by atoms with Crippen LogP contribution in [0.3, 0.4) is 0 Å². The number of rotatable bonds is 3. The highest BCUT2D eigenvalue weighted by Crippen LogP contribution is 2.20. The van der Waals surface area contributed by atoms with E-state index < -0.39 is 5.60 Å². The van der Waals surface area contributed by atoms with Crippen molar-refractivity contribution in [1.29, 1.82) is 0 Å². The van der Waals surface area contributed by atoms with Crippen molar-refractivity contribution in [3.8, 4) is 16.9 Å². The van der Waals surface area contributed by atoms with Crippen molar-refractivity contribution in [3.63, 3.8) is 0 Å². The molecule has 0 amide bonds. The molecular formula is C19H20N4O2. The average Bonchev–Trinajstić information content (AvgIpc) is 2.56. The van der Waals surface area contributed by atoms with E-state index in [1.165, 1.54) is 0 Å². The largest absolute Gasteiger partial charge is 0.382 e. The molecule has 0 saturated carbocycles. The predicted octanol–water partition coefficient (Wildman–Crippen LogP) is 2.53. The molecule has 3 aromatic rings. The van der Waals surface area contributed by atoms with Crippen molar-refractivity contribution in [2.45, 2.75) is 33.3 Å². The maximum absolute atomic E-state index is 13.1. The van der Waals surface area contributed by atoms with Gasteiger partial charge in [0.1, 0.15) is 5.60 Å². The lowest BCUT2D eigenvalue weighted by molar-refractivity contribution is 0.0688. The van der Waals surface area contributed by atoms with E-state index in [4.69, 9.17) is 0 Å². The highest BCUT2D eigenvalue weighted by Gasteiger charge is 2.21. The van der Waals surface area contributed by atoms with E-state index in [0.29, 0.717) is 11.3 Å². The van der Waals surface area contributed by atoms with Crippen molar-refractivity contribution in [2.24, 2.45) is 0 Å². The summed E-state index contributed by atoms with van der Waals surface area (Å²) >= 11 is 0. The Morgan fingerprint density at radius 1 is 1.08 bits per heavy atom. The Labute approximate surface area is 145 Å². The molecule has 0 unspecified atom stereocenters. The molecule has 0 bridgehead atoms. The van der Waals surface area contributed by atoms with Gasteiger partial charge in [-0.2, -0.15) is 0 Å². The molecule has 0 aliphatic rings. The van der Waals surface area contributed by atoms with Crippen molar-refractivity contribution in [2.75, 3.05) is 0 Å². The maximum atomic E-state index is 13.1. The fourth-order valence-corrected chi connectivity index (χ4v) is 2.65. The summed E-state index contributed by atoms with van der Waals surface area (Å²) in [5, 5.41) is 10.1. The first-order valence-corrected chi connectivity index (χ1v) is 7.99. The normalized spacial score (nSPS) is 11.6. The number of aliphatic hydroxyl groups is 1. The van der Waals surface area contributed by atoms with E-state index in [1.54, 1.807) is 49.1 Å². The summed E-state index contributed by atoms with van der Waals surface area (Å²) < 4.78 is 1.65. The van der Waals surface area contributed by atoms with Crippen molar-refractivity contribution in [3.05, 3.63) is 70.3 Å². The lowest BCUT2D eigenvalue weighted by atomic mass is 10.1. The molecule has 1 N–H and O–H groups in total.